The molecule has 0 saturated heterocycles. The van der Waals surface area contributed by atoms with Crippen LogP contribution >= 0.6 is 22.6 Å². The van der Waals surface area contributed by atoms with Crippen LogP contribution in [-0.2, 0) is 16.0 Å². The predicted molar refractivity (Wildman–Crippen MR) is 106 cm³/mol. The molecular formula is C21H27IO3. The molecule has 4 heteroatoms. The molecule has 3 aliphatic carbocycles. The number of hydrogen-bond acceptors (Lipinski definition) is 3. The number of carbonyl (C=O) groups is 1. The number of hydrogen-bond donors (Lipinski definition) is 0. The van der Waals surface area contributed by atoms with Gasteiger partial charge in [0.2, 0.25) is 0 Å². The van der Waals surface area contributed by atoms with Crippen LogP contribution in [0.15, 0.2) is 12.1 Å². The van der Waals surface area contributed by atoms with Crippen LogP contribution in [0, 0.1) is 20.8 Å². The molecule has 0 bridgehead atoms. The molecule has 0 radical (unpaired) electrons. The Morgan fingerprint density at radius 2 is 2.04 bits per heavy atom. The standard InChI is InChI=1S/C21H27IO3/c1-12(23)25-20-7-6-17-15-5-4-13-10-19(24-3)18(22)11-16(13)14(15)8-9-21(17,20)2/h10-11,14-15,17,20H,4-9H2,1-3H3/t14-,15+,17-,20-,21-/m0/s1. The summed E-state index contributed by atoms with van der Waals surface area (Å²) in [6, 6.07) is 4.63. The third kappa shape index (κ3) is 2.79. The molecule has 0 amide bonds. The first-order valence-electron chi connectivity index (χ1n) is 9.47. The third-order valence-corrected chi connectivity index (χ3v) is 8.06. The number of carbonyl (C=O) groups excluding carboxylic acids is 1. The highest BCUT2D eigenvalue weighted by Gasteiger charge is 2.56. The Balaban J connectivity index is 1.64. The zero-order chi connectivity index (χ0) is 17.8. The Morgan fingerprint density at radius 3 is 2.76 bits per heavy atom. The third-order valence-electron chi connectivity index (χ3n) is 7.22. The van der Waals surface area contributed by atoms with Crippen LogP contribution in [0.25, 0.3) is 0 Å². The van der Waals surface area contributed by atoms with Crippen molar-refractivity contribution in [3.05, 3.63) is 26.8 Å². The second-order valence-electron chi connectivity index (χ2n) is 8.32. The molecule has 0 N–H and O–H groups in total. The number of esters is 1. The highest BCUT2D eigenvalue weighted by atomic mass is 127. The lowest BCUT2D eigenvalue weighted by molar-refractivity contribution is -0.154. The van der Waals surface area contributed by atoms with E-state index in [9.17, 15) is 4.79 Å². The molecule has 2 fully saturated rings. The topological polar surface area (TPSA) is 35.5 Å². The van der Waals surface area contributed by atoms with Crippen LogP contribution < -0.4 is 4.74 Å². The van der Waals surface area contributed by atoms with Gasteiger partial charge in [-0.3, -0.25) is 4.79 Å². The fourth-order valence-electron chi connectivity index (χ4n) is 6.07. The summed E-state index contributed by atoms with van der Waals surface area (Å²) >= 11 is 2.40. The minimum absolute atomic E-state index is 0.119. The minimum Gasteiger partial charge on any atom is -0.496 e. The molecule has 1 aromatic rings. The number of rotatable bonds is 2. The predicted octanol–water partition coefficient (Wildman–Crippen LogP) is 5.09. The van der Waals surface area contributed by atoms with Gasteiger partial charge in [-0.25, -0.2) is 0 Å². The summed E-state index contributed by atoms with van der Waals surface area (Å²) in [4.78, 5) is 11.5. The van der Waals surface area contributed by atoms with Gasteiger partial charge < -0.3 is 9.47 Å². The van der Waals surface area contributed by atoms with Crippen LogP contribution in [0.2, 0.25) is 0 Å². The second kappa shape index (κ2) is 6.43. The van der Waals surface area contributed by atoms with Crippen molar-refractivity contribution in [2.45, 2.75) is 64.4 Å². The number of methoxy groups -OCH3 is 1. The second-order valence-corrected chi connectivity index (χ2v) is 9.48. The summed E-state index contributed by atoms with van der Waals surface area (Å²) in [5.41, 5.74) is 3.21. The number of ether oxygens (including phenoxy) is 2. The number of halogens is 1. The van der Waals surface area contributed by atoms with E-state index >= 15 is 0 Å². The minimum atomic E-state index is -0.121. The lowest BCUT2D eigenvalue weighted by Crippen LogP contribution is -2.45. The highest BCUT2D eigenvalue weighted by molar-refractivity contribution is 14.1. The van der Waals surface area contributed by atoms with Crippen molar-refractivity contribution >= 4 is 28.6 Å². The van der Waals surface area contributed by atoms with Crippen LogP contribution in [0.3, 0.4) is 0 Å². The monoisotopic (exact) mass is 454 g/mol. The Bertz CT molecular complexity index is 701. The van der Waals surface area contributed by atoms with Crippen LogP contribution in [-0.4, -0.2) is 19.2 Å². The Labute approximate surface area is 164 Å². The van der Waals surface area contributed by atoms with Gasteiger partial charge in [0.15, 0.2) is 0 Å². The van der Waals surface area contributed by atoms with Gasteiger partial charge in [0, 0.05) is 12.3 Å². The molecule has 3 aliphatic rings. The lowest BCUT2D eigenvalue weighted by Gasteiger charge is -2.50. The van der Waals surface area contributed by atoms with Gasteiger partial charge in [0.25, 0.3) is 0 Å². The van der Waals surface area contributed by atoms with Crippen molar-refractivity contribution < 1.29 is 14.3 Å². The van der Waals surface area contributed by atoms with E-state index in [1.165, 1.54) is 34.8 Å². The normalized spacial score (nSPS) is 36.2. The highest BCUT2D eigenvalue weighted by Crippen LogP contribution is 2.61. The summed E-state index contributed by atoms with van der Waals surface area (Å²) in [6.45, 7) is 3.93. The molecule has 3 nitrogen and oxygen atoms in total. The number of fused-ring (bicyclic) bond motifs is 5. The van der Waals surface area contributed by atoms with E-state index in [4.69, 9.17) is 9.47 Å². The molecule has 2 saturated carbocycles. The van der Waals surface area contributed by atoms with Crippen molar-refractivity contribution in [3.63, 3.8) is 0 Å². The zero-order valence-electron chi connectivity index (χ0n) is 15.3. The van der Waals surface area contributed by atoms with Gasteiger partial charge in [0.05, 0.1) is 10.7 Å². The lowest BCUT2D eigenvalue weighted by atomic mass is 9.55. The first kappa shape index (κ1) is 17.6. The van der Waals surface area contributed by atoms with Gasteiger partial charge in [-0.1, -0.05) is 6.92 Å². The van der Waals surface area contributed by atoms with Crippen molar-refractivity contribution in [1.82, 2.24) is 0 Å². The van der Waals surface area contributed by atoms with E-state index in [0.29, 0.717) is 11.8 Å². The maximum Gasteiger partial charge on any atom is 0.302 e. The SMILES string of the molecule is COc1cc2c(cc1I)[C@H]1CC[C@]3(C)[C@@H](OC(C)=O)CC[C@H]3[C@@H]1CC2. The average molecular weight is 454 g/mol. The average Bonchev–Trinajstić information content (AvgIpc) is 2.90. The maximum absolute atomic E-state index is 11.5. The molecule has 5 atom stereocenters. The number of aryl methyl sites for hydroxylation is 1. The molecular weight excluding hydrogens is 427 g/mol. The molecule has 25 heavy (non-hydrogen) atoms. The number of benzene rings is 1. The van der Waals surface area contributed by atoms with Gasteiger partial charge >= 0.3 is 5.97 Å². The summed E-state index contributed by atoms with van der Waals surface area (Å²) < 4.78 is 12.5. The van der Waals surface area contributed by atoms with Gasteiger partial charge in [0.1, 0.15) is 11.9 Å². The van der Waals surface area contributed by atoms with E-state index in [1.807, 2.05) is 0 Å². The van der Waals surface area contributed by atoms with Crippen molar-refractivity contribution in [3.8, 4) is 5.75 Å². The molecule has 0 spiro atoms. The maximum atomic E-state index is 11.5. The zero-order valence-corrected chi connectivity index (χ0v) is 17.5. The summed E-state index contributed by atoms with van der Waals surface area (Å²) in [6.07, 6.45) is 7.15. The quantitative estimate of drug-likeness (QED) is 0.462. The Kier molecular flexibility index (Phi) is 4.53. The largest absolute Gasteiger partial charge is 0.496 e. The van der Waals surface area contributed by atoms with Crippen LogP contribution in [0.5, 0.6) is 5.75 Å². The van der Waals surface area contributed by atoms with Crippen molar-refractivity contribution in [2.75, 3.05) is 7.11 Å². The van der Waals surface area contributed by atoms with Crippen molar-refractivity contribution in [2.24, 2.45) is 17.3 Å². The van der Waals surface area contributed by atoms with E-state index in [2.05, 4.69) is 41.6 Å². The summed E-state index contributed by atoms with van der Waals surface area (Å²) in [5.74, 6) is 2.97. The van der Waals surface area contributed by atoms with E-state index < -0.39 is 0 Å². The van der Waals surface area contributed by atoms with E-state index in [-0.39, 0.29) is 17.5 Å². The van der Waals surface area contributed by atoms with E-state index in [0.717, 1.165) is 24.5 Å². The molecule has 4 rings (SSSR count). The summed E-state index contributed by atoms with van der Waals surface area (Å²) in [7, 11) is 1.76. The first-order chi connectivity index (χ1) is 11.9. The van der Waals surface area contributed by atoms with Gasteiger partial charge in [-0.15, -0.1) is 0 Å². The van der Waals surface area contributed by atoms with E-state index in [1.54, 1.807) is 19.6 Å². The Morgan fingerprint density at radius 1 is 1.24 bits per heavy atom. The molecule has 136 valence electrons. The van der Waals surface area contributed by atoms with Gasteiger partial charge in [-0.05, 0) is 102 Å². The fourth-order valence-corrected chi connectivity index (χ4v) is 6.78. The molecule has 0 unspecified atom stereocenters. The van der Waals surface area contributed by atoms with Crippen LogP contribution in [0.4, 0.5) is 0 Å². The Hall–Kier alpha value is -0.780. The molecule has 1 aromatic carbocycles. The fraction of sp³-hybridized carbons (Fsp3) is 0.667. The first-order valence-corrected chi connectivity index (χ1v) is 10.6. The van der Waals surface area contributed by atoms with Gasteiger partial charge in [-0.2, -0.15) is 0 Å². The van der Waals surface area contributed by atoms with Crippen molar-refractivity contribution in [1.29, 1.82) is 0 Å². The smallest absolute Gasteiger partial charge is 0.302 e. The van der Waals surface area contributed by atoms with Crippen LogP contribution in [0.1, 0.15) is 63.0 Å². The molecule has 0 heterocycles. The molecule has 0 aromatic heterocycles. The molecule has 0 aliphatic heterocycles. The summed E-state index contributed by atoms with van der Waals surface area (Å²) in [5, 5.41) is 0.